The van der Waals surface area contributed by atoms with Gasteiger partial charge in [0.2, 0.25) is 0 Å². The zero-order valence-electron chi connectivity index (χ0n) is 12.7. The van der Waals surface area contributed by atoms with E-state index in [1.54, 1.807) is 0 Å². The second-order valence-corrected chi connectivity index (χ2v) is 5.74. The number of rotatable bonds is 5. The highest BCUT2D eigenvalue weighted by Gasteiger charge is 2.19. The number of carbonyl (C=O) groups is 1. The summed E-state index contributed by atoms with van der Waals surface area (Å²) < 4.78 is 5.38. The molecule has 2 N–H and O–H groups in total. The molecule has 1 amide bonds. The van der Waals surface area contributed by atoms with Crippen LogP contribution in [0.25, 0.3) is 0 Å². The maximum Gasteiger partial charge on any atom is 0.262 e. The molecule has 0 spiro atoms. The summed E-state index contributed by atoms with van der Waals surface area (Å²) in [5.41, 5.74) is 1.93. The molecule has 0 saturated carbocycles. The fraction of sp³-hybridized carbons (Fsp3) is 0.562. The second-order valence-electron chi connectivity index (χ2n) is 5.74. The van der Waals surface area contributed by atoms with Crippen molar-refractivity contribution in [1.29, 1.82) is 0 Å². The number of anilines is 1. The summed E-state index contributed by atoms with van der Waals surface area (Å²) in [6, 6.07) is 6.72. The van der Waals surface area contributed by atoms with Gasteiger partial charge in [-0.2, -0.15) is 0 Å². The molecule has 20 heavy (non-hydrogen) atoms. The first kappa shape index (κ1) is 14.9. The van der Waals surface area contributed by atoms with Crippen LogP contribution < -0.4 is 15.4 Å². The van der Waals surface area contributed by atoms with Gasteiger partial charge in [-0.3, -0.25) is 4.79 Å². The van der Waals surface area contributed by atoms with E-state index in [9.17, 15) is 4.79 Å². The van der Waals surface area contributed by atoms with Crippen molar-refractivity contribution in [2.45, 2.75) is 46.2 Å². The van der Waals surface area contributed by atoms with Crippen LogP contribution in [0.4, 0.5) is 5.69 Å². The second kappa shape index (κ2) is 6.27. The van der Waals surface area contributed by atoms with Gasteiger partial charge in [0.15, 0.2) is 6.61 Å². The molecule has 0 saturated heterocycles. The number of hydrogen-bond acceptors (Lipinski definition) is 3. The zero-order chi connectivity index (χ0) is 14.7. The van der Waals surface area contributed by atoms with Crippen LogP contribution in [0.3, 0.4) is 0 Å². The molecule has 1 heterocycles. The first-order valence-corrected chi connectivity index (χ1v) is 7.34. The fourth-order valence-corrected chi connectivity index (χ4v) is 2.57. The summed E-state index contributed by atoms with van der Waals surface area (Å²) in [6.45, 7) is 8.92. The number of fused-ring (bicyclic) bond motifs is 1. The molecule has 2 atom stereocenters. The molecule has 1 aromatic carbocycles. The van der Waals surface area contributed by atoms with Crippen molar-refractivity contribution in [3.8, 4) is 5.75 Å². The minimum absolute atomic E-state index is 0.0936. The molecular formula is C16H24N2O2. The molecule has 4 nitrogen and oxygen atoms in total. The average molecular weight is 276 g/mol. The molecule has 2 unspecified atom stereocenters. The van der Waals surface area contributed by atoms with Crippen molar-refractivity contribution in [3.05, 3.63) is 23.8 Å². The van der Waals surface area contributed by atoms with Gasteiger partial charge >= 0.3 is 0 Å². The van der Waals surface area contributed by atoms with E-state index in [0.717, 1.165) is 23.4 Å². The van der Waals surface area contributed by atoms with Crippen molar-refractivity contribution in [3.63, 3.8) is 0 Å². The minimum atomic E-state index is -0.0936. The summed E-state index contributed by atoms with van der Waals surface area (Å²) in [4.78, 5) is 11.4. The number of benzene rings is 1. The van der Waals surface area contributed by atoms with Crippen molar-refractivity contribution in [2.75, 3.05) is 11.9 Å². The lowest BCUT2D eigenvalue weighted by Crippen LogP contribution is -2.35. The normalized spacial score (nSPS) is 17.1. The summed E-state index contributed by atoms with van der Waals surface area (Å²) in [5, 5.41) is 6.50. The number of ether oxygens (including phenoxy) is 1. The lowest BCUT2D eigenvalue weighted by Gasteiger charge is -2.26. The lowest BCUT2D eigenvalue weighted by molar-refractivity contribution is -0.118. The van der Waals surface area contributed by atoms with Gasteiger partial charge in [-0.1, -0.05) is 26.8 Å². The van der Waals surface area contributed by atoms with E-state index in [4.69, 9.17) is 4.74 Å². The highest BCUT2D eigenvalue weighted by atomic mass is 16.5. The molecule has 1 aromatic rings. The molecule has 0 radical (unpaired) electrons. The van der Waals surface area contributed by atoms with Crippen LogP contribution in [-0.4, -0.2) is 18.6 Å². The number of nitrogens with one attached hydrogen (secondary N) is 2. The van der Waals surface area contributed by atoms with Crippen LogP contribution in [0.1, 0.15) is 45.7 Å². The summed E-state index contributed by atoms with van der Waals surface area (Å²) >= 11 is 0. The highest BCUT2D eigenvalue weighted by molar-refractivity contribution is 5.95. The summed E-state index contributed by atoms with van der Waals surface area (Å²) in [5.74, 6) is 1.25. The van der Waals surface area contributed by atoms with Gasteiger partial charge in [-0.25, -0.2) is 0 Å². The minimum Gasteiger partial charge on any atom is -0.482 e. The third kappa shape index (κ3) is 3.31. The molecule has 4 heteroatoms. The fourth-order valence-electron chi connectivity index (χ4n) is 2.57. The van der Waals surface area contributed by atoms with Crippen LogP contribution in [0.2, 0.25) is 0 Å². The summed E-state index contributed by atoms with van der Waals surface area (Å²) in [6.07, 6.45) is 1.10. The predicted molar refractivity (Wildman–Crippen MR) is 81.0 cm³/mol. The first-order valence-electron chi connectivity index (χ1n) is 7.34. The molecule has 110 valence electrons. The van der Waals surface area contributed by atoms with Crippen molar-refractivity contribution in [1.82, 2.24) is 5.32 Å². The molecule has 0 fully saturated rings. The topological polar surface area (TPSA) is 50.4 Å². The monoisotopic (exact) mass is 276 g/mol. The largest absolute Gasteiger partial charge is 0.482 e. The standard InChI is InChI=1S/C16H24N2O2/c1-5-13(10(2)3)17-11(4)12-6-7-15-14(8-12)18-16(19)9-20-15/h6-8,10-11,13,17H,5,9H2,1-4H3,(H,18,19). The Hall–Kier alpha value is -1.55. The molecule has 1 aliphatic rings. The Morgan fingerprint density at radius 2 is 2.10 bits per heavy atom. The van der Waals surface area contributed by atoms with Gasteiger partial charge in [0, 0.05) is 12.1 Å². The van der Waals surface area contributed by atoms with Gasteiger partial charge in [-0.15, -0.1) is 0 Å². The first-order chi connectivity index (χ1) is 9.51. The highest BCUT2D eigenvalue weighted by Crippen LogP contribution is 2.30. The van der Waals surface area contributed by atoms with Gasteiger partial charge in [-0.05, 0) is 37.0 Å². The quantitative estimate of drug-likeness (QED) is 0.869. The molecule has 0 aliphatic carbocycles. The van der Waals surface area contributed by atoms with Gasteiger partial charge in [0.05, 0.1) is 5.69 Å². The van der Waals surface area contributed by atoms with E-state index in [2.05, 4.69) is 44.4 Å². The number of amides is 1. The Morgan fingerprint density at radius 1 is 1.35 bits per heavy atom. The van der Waals surface area contributed by atoms with Crippen molar-refractivity contribution < 1.29 is 9.53 Å². The Labute approximate surface area is 120 Å². The smallest absolute Gasteiger partial charge is 0.262 e. The Kier molecular flexibility index (Phi) is 4.65. The maximum absolute atomic E-state index is 11.4. The van der Waals surface area contributed by atoms with E-state index in [1.807, 2.05) is 12.1 Å². The molecule has 2 rings (SSSR count). The van der Waals surface area contributed by atoms with E-state index < -0.39 is 0 Å². The zero-order valence-corrected chi connectivity index (χ0v) is 12.7. The predicted octanol–water partition coefficient (Wildman–Crippen LogP) is 3.10. The molecule has 1 aliphatic heterocycles. The Morgan fingerprint density at radius 3 is 2.75 bits per heavy atom. The van der Waals surface area contributed by atoms with Crippen molar-refractivity contribution >= 4 is 11.6 Å². The third-order valence-corrected chi connectivity index (χ3v) is 3.85. The lowest BCUT2D eigenvalue weighted by atomic mass is 9.98. The number of hydrogen-bond donors (Lipinski definition) is 2. The van der Waals surface area contributed by atoms with E-state index in [1.165, 1.54) is 0 Å². The van der Waals surface area contributed by atoms with Crippen LogP contribution in [0.5, 0.6) is 5.75 Å². The van der Waals surface area contributed by atoms with Gasteiger partial charge in [0.25, 0.3) is 5.91 Å². The van der Waals surface area contributed by atoms with Gasteiger partial charge in [0.1, 0.15) is 5.75 Å². The Balaban J connectivity index is 2.12. The maximum atomic E-state index is 11.4. The van der Waals surface area contributed by atoms with E-state index >= 15 is 0 Å². The molecule has 0 aromatic heterocycles. The Bertz CT molecular complexity index is 485. The van der Waals surface area contributed by atoms with E-state index in [-0.39, 0.29) is 18.6 Å². The van der Waals surface area contributed by atoms with E-state index in [0.29, 0.717) is 12.0 Å². The molecular weight excluding hydrogens is 252 g/mol. The summed E-state index contributed by atoms with van der Waals surface area (Å²) in [7, 11) is 0. The van der Waals surface area contributed by atoms with Crippen LogP contribution in [0.15, 0.2) is 18.2 Å². The SMILES string of the molecule is CCC(NC(C)c1ccc2c(c1)NC(=O)CO2)C(C)C. The third-order valence-electron chi connectivity index (χ3n) is 3.85. The molecule has 0 bridgehead atoms. The number of carbonyl (C=O) groups excluding carboxylic acids is 1. The van der Waals surface area contributed by atoms with Crippen molar-refractivity contribution in [2.24, 2.45) is 5.92 Å². The average Bonchev–Trinajstić information content (AvgIpc) is 2.43. The van der Waals surface area contributed by atoms with Crippen LogP contribution in [0, 0.1) is 5.92 Å². The van der Waals surface area contributed by atoms with Crippen LogP contribution >= 0.6 is 0 Å². The van der Waals surface area contributed by atoms with Gasteiger partial charge < -0.3 is 15.4 Å². The van der Waals surface area contributed by atoms with Crippen LogP contribution in [-0.2, 0) is 4.79 Å².